The van der Waals surface area contributed by atoms with Gasteiger partial charge in [-0.2, -0.15) is 0 Å². The van der Waals surface area contributed by atoms with Crippen molar-refractivity contribution in [1.82, 2.24) is 4.90 Å². The Morgan fingerprint density at radius 3 is 2.61 bits per heavy atom. The zero-order valence-electron chi connectivity index (χ0n) is 17.3. The second kappa shape index (κ2) is 8.08. The molecule has 0 saturated carbocycles. The number of esters is 1. The topological polar surface area (TPSA) is 29.5 Å². The van der Waals surface area contributed by atoms with Gasteiger partial charge in [0.1, 0.15) is 0 Å². The van der Waals surface area contributed by atoms with E-state index in [1.807, 2.05) is 19.1 Å². The number of likely N-dealkylation sites (N-methyl/N-ethyl adjacent to an activating group) is 1. The Morgan fingerprint density at radius 2 is 1.89 bits per heavy atom. The Balaban J connectivity index is 1.65. The molecule has 4 rings (SSSR count). The van der Waals surface area contributed by atoms with E-state index in [4.69, 9.17) is 4.74 Å². The minimum Gasteiger partial charge on any atom is -0.462 e. The number of hydrogen-bond donors (Lipinski definition) is 0. The number of benzene rings is 2. The third-order valence-electron chi connectivity index (χ3n) is 6.55. The van der Waals surface area contributed by atoms with Crippen LogP contribution in [0.25, 0.3) is 0 Å². The molecule has 0 spiro atoms. The Hall–Kier alpha value is -2.13. The number of ether oxygens (including phenoxy) is 1. The van der Waals surface area contributed by atoms with E-state index in [1.165, 1.54) is 35.2 Å². The van der Waals surface area contributed by atoms with Crippen LogP contribution in [0.15, 0.2) is 42.5 Å². The smallest absolute Gasteiger partial charge is 0.338 e. The van der Waals surface area contributed by atoms with Crippen LogP contribution in [0.1, 0.15) is 71.1 Å². The first-order valence-electron chi connectivity index (χ1n) is 10.7. The van der Waals surface area contributed by atoms with E-state index in [-0.39, 0.29) is 5.97 Å². The molecule has 2 aliphatic rings. The number of nitrogens with zero attached hydrogens (tertiary/aromatic N) is 1. The molecule has 1 saturated heterocycles. The summed E-state index contributed by atoms with van der Waals surface area (Å²) in [5.74, 6) is 1.48. The Labute approximate surface area is 168 Å². The van der Waals surface area contributed by atoms with Gasteiger partial charge in [-0.3, -0.25) is 0 Å². The predicted molar refractivity (Wildman–Crippen MR) is 113 cm³/mol. The molecular formula is C25H31NO2. The lowest BCUT2D eigenvalue weighted by Gasteiger charge is -2.37. The maximum absolute atomic E-state index is 12.1. The zero-order valence-corrected chi connectivity index (χ0v) is 17.3. The normalized spacial score (nSPS) is 23.9. The van der Waals surface area contributed by atoms with Crippen molar-refractivity contribution in [2.24, 2.45) is 5.92 Å². The van der Waals surface area contributed by atoms with Gasteiger partial charge in [0.25, 0.3) is 0 Å². The standard InChI is InChI=1S/C25H31NO2/c1-4-14-28-25(27)19-9-7-18(8-10-19)24-21-12-13-26(5-2)16-23(21)20-11-6-17(3)15-22(20)24/h6-11,15,21,23-24H,4-5,12-14,16H2,1-3H3/t21-,23-,24+/m1/s1. The largest absolute Gasteiger partial charge is 0.462 e. The number of likely N-dealkylation sites (tertiary alicyclic amines) is 1. The molecule has 3 heteroatoms. The molecular weight excluding hydrogens is 346 g/mol. The molecule has 0 amide bonds. The van der Waals surface area contributed by atoms with Gasteiger partial charge in [0.2, 0.25) is 0 Å². The van der Waals surface area contributed by atoms with E-state index in [0.717, 1.165) is 19.5 Å². The fraction of sp³-hybridized carbons (Fsp3) is 0.480. The van der Waals surface area contributed by atoms with Gasteiger partial charge in [-0.05, 0) is 67.6 Å². The lowest BCUT2D eigenvalue weighted by Crippen LogP contribution is -2.38. The molecule has 1 aliphatic carbocycles. The molecule has 148 valence electrons. The van der Waals surface area contributed by atoms with Gasteiger partial charge in [-0.1, -0.05) is 49.7 Å². The number of carbonyl (C=O) groups excluding carboxylic acids is 1. The zero-order chi connectivity index (χ0) is 19.7. The summed E-state index contributed by atoms with van der Waals surface area (Å²) in [7, 11) is 0. The summed E-state index contributed by atoms with van der Waals surface area (Å²) in [5, 5.41) is 0. The molecule has 3 atom stereocenters. The first-order chi connectivity index (χ1) is 13.6. The van der Waals surface area contributed by atoms with Crippen molar-refractivity contribution in [2.75, 3.05) is 26.2 Å². The number of fused-ring (bicyclic) bond motifs is 3. The van der Waals surface area contributed by atoms with Crippen molar-refractivity contribution in [1.29, 1.82) is 0 Å². The second-order valence-corrected chi connectivity index (χ2v) is 8.32. The summed E-state index contributed by atoms with van der Waals surface area (Å²) in [6.45, 7) is 10.4. The SMILES string of the molecule is CCCOC(=O)c1ccc([C@@H]2c3cc(C)ccc3[C@H]3CN(CC)CC[C@@H]23)cc1. The molecule has 0 bridgehead atoms. The number of piperidine rings is 1. The highest BCUT2D eigenvalue weighted by atomic mass is 16.5. The van der Waals surface area contributed by atoms with Gasteiger partial charge >= 0.3 is 5.97 Å². The van der Waals surface area contributed by atoms with Crippen molar-refractivity contribution in [3.63, 3.8) is 0 Å². The minimum atomic E-state index is -0.217. The molecule has 0 N–H and O–H groups in total. The van der Waals surface area contributed by atoms with E-state index < -0.39 is 0 Å². The number of carbonyl (C=O) groups is 1. The Morgan fingerprint density at radius 1 is 1.11 bits per heavy atom. The van der Waals surface area contributed by atoms with Gasteiger partial charge < -0.3 is 9.64 Å². The van der Waals surface area contributed by atoms with Gasteiger partial charge in [0.15, 0.2) is 0 Å². The number of hydrogen-bond acceptors (Lipinski definition) is 3. The summed E-state index contributed by atoms with van der Waals surface area (Å²) < 4.78 is 5.28. The Bertz CT molecular complexity index is 842. The van der Waals surface area contributed by atoms with Crippen molar-refractivity contribution >= 4 is 5.97 Å². The molecule has 0 radical (unpaired) electrons. The van der Waals surface area contributed by atoms with Gasteiger partial charge in [0, 0.05) is 18.4 Å². The van der Waals surface area contributed by atoms with Gasteiger partial charge in [0.05, 0.1) is 12.2 Å². The fourth-order valence-electron chi connectivity index (χ4n) is 5.12. The third kappa shape index (κ3) is 3.48. The molecule has 1 fully saturated rings. The molecule has 2 aromatic carbocycles. The van der Waals surface area contributed by atoms with Crippen LogP contribution < -0.4 is 0 Å². The highest BCUT2D eigenvalue weighted by molar-refractivity contribution is 5.89. The summed E-state index contributed by atoms with van der Waals surface area (Å²) in [4.78, 5) is 14.7. The molecule has 0 unspecified atom stereocenters. The van der Waals surface area contributed by atoms with Crippen LogP contribution in [0, 0.1) is 12.8 Å². The molecule has 1 aliphatic heterocycles. The van der Waals surface area contributed by atoms with Crippen LogP contribution in [-0.4, -0.2) is 37.1 Å². The fourth-order valence-corrected chi connectivity index (χ4v) is 5.12. The summed E-state index contributed by atoms with van der Waals surface area (Å²) in [6.07, 6.45) is 2.08. The molecule has 2 aromatic rings. The average molecular weight is 378 g/mol. The lowest BCUT2D eigenvalue weighted by molar-refractivity contribution is 0.0505. The second-order valence-electron chi connectivity index (χ2n) is 8.32. The van der Waals surface area contributed by atoms with E-state index in [9.17, 15) is 4.79 Å². The first-order valence-corrected chi connectivity index (χ1v) is 10.7. The van der Waals surface area contributed by atoms with E-state index in [0.29, 0.717) is 29.9 Å². The third-order valence-corrected chi connectivity index (χ3v) is 6.55. The van der Waals surface area contributed by atoms with Gasteiger partial charge in [-0.15, -0.1) is 0 Å². The molecule has 1 heterocycles. The lowest BCUT2D eigenvalue weighted by atomic mass is 9.78. The van der Waals surface area contributed by atoms with Crippen molar-refractivity contribution in [3.8, 4) is 0 Å². The van der Waals surface area contributed by atoms with Crippen LogP contribution in [0.5, 0.6) is 0 Å². The van der Waals surface area contributed by atoms with E-state index in [2.05, 4.69) is 49.1 Å². The van der Waals surface area contributed by atoms with Crippen LogP contribution in [0.4, 0.5) is 0 Å². The number of rotatable bonds is 5. The van der Waals surface area contributed by atoms with Crippen LogP contribution in [-0.2, 0) is 4.74 Å². The van der Waals surface area contributed by atoms with Crippen LogP contribution in [0.3, 0.4) is 0 Å². The molecule has 28 heavy (non-hydrogen) atoms. The summed E-state index contributed by atoms with van der Waals surface area (Å²) >= 11 is 0. The van der Waals surface area contributed by atoms with E-state index in [1.54, 1.807) is 0 Å². The quantitative estimate of drug-likeness (QED) is 0.676. The summed E-state index contributed by atoms with van der Waals surface area (Å²) in [6, 6.07) is 15.2. The van der Waals surface area contributed by atoms with Crippen molar-refractivity contribution < 1.29 is 9.53 Å². The maximum Gasteiger partial charge on any atom is 0.338 e. The molecule has 0 aromatic heterocycles. The highest BCUT2D eigenvalue weighted by Crippen LogP contribution is 2.53. The van der Waals surface area contributed by atoms with E-state index >= 15 is 0 Å². The first kappa shape index (κ1) is 19.2. The monoisotopic (exact) mass is 377 g/mol. The Kier molecular flexibility index (Phi) is 5.54. The summed E-state index contributed by atoms with van der Waals surface area (Å²) in [5.41, 5.74) is 6.34. The van der Waals surface area contributed by atoms with Crippen LogP contribution >= 0.6 is 0 Å². The van der Waals surface area contributed by atoms with Gasteiger partial charge in [-0.25, -0.2) is 4.79 Å². The number of aryl methyl sites for hydroxylation is 1. The average Bonchev–Trinajstić information content (AvgIpc) is 3.04. The minimum absolute atomic E-state index is 0.217. The molecule has 3 nitrogen and oxygen atoms in total. The highest BCUT2D eigenvalue weighted by Gasteiger charge is 2.43. The van der Waals surface area contributed by atoms with Crippen molar-refractivity contribution in [2.45, 2.75) is 45.4 Å². The predicted octanol–water partition coefficient (Wildman–Crippen LogP) is 5.13. The van der Waals surface area contributed by atoms with Crippen LogP contribution in [0.2, 0.25) is 0 Å². The maximum atomic E-state index is 12.1. The van der Waals surface area contributed by atoms with Crippen molar-refractivity contribution in [3.05, 3.63) is 70.3 Å².